The van der Waals surface area contributed by atoms with Crippen molar-refractivity contribution in [3.63, 3.8) is 0 Å². The Hall–Kier alpha value is -2.57. The number of carbonyl (C=O) groups is 1. The minimum absolute atomic E-state index is 0.0998. The monoisotopic (exact) mass is 276 g/mol. The van der Waals surface area contributed by atoms with Crippen molar-refractivity contribution in [3.05, 3.63) is 41.1 Å². The van der Waals surface area contributed by atoms with Crippen LogP contribution >= 0.6 is 0 Å². The van der Waals surface area contributed by atoms with Gasteiger partial charge < -0.3 is 10.1 Å². The Bertz CT molecular complexity index is 632. The Kier molecular flexibility index (Phi) is 4.54. The summed E-state index contributed by atoms with van der Waals surface area (Å²) in [4.78, 5) is 23.1. The third-order valence-electron chi connectivity index (χ3n) is 2.55. The molecule has 0 aliphatic carbocycles. The van der Waals surface area contributed by atoms with Crippen LogP contribution in [0.2, 0.25) is 0 Å². The zero-order chi connectivity index (χ0) is 14.4. The average molecular weight is 276 g/mol. The lowest BCUT2D eigenvalue weighted by atomic mass is 10.3. The second kappa shape index (κ2) is 6.55. The van der Waals surface area contributed by atoms with Gasteiger partial charge in [-0.25, -0.2) is 9.89 Å². The highest BCUT2D eigenvalue weighted by atomic mass is 16.5. The van der Waals surface area contributed by atoms with Crippen molar-refractivity contribution >= 4 is 11.6 Å². The van der Waals surface area contributed by atoms with Gasteiger partial charge in [0.25, 0.3) is 0 Å². The molecule has 0 fully saturated rings. The number of para-hydroxylation sites is 2. The van der Waals surface area contributed by atoms with Crippen molar-refractivity contribution in [2.75, 3.05) is 11.9 Å². The second-order valence-electron chi connectivity index (χ2n) is 4.18. The molecule has 0 saturated heterocycles. The molecule has 0 aliphatic heterocycles. The van der Waals surface area contributed by atoms with Crippen molar-refractivity contribution in [2.24, 2.45) is 0 Å². The number of rotatable bonds is 6. The zero-order valence-electron chi connectivity index (χ0n) is 11.1. The normalized spacial score (nSPS) is 10.2. The van der Waals surface area contributed by atoms with E-state index >= 15 is 0 Å². The number of aromatic nitrogens is 3. The Morgan fingerprint density at radius 2 is 2.25 bits per heavy atom. The summed E-state index contributed by atoms with van der Waals surface area (Å²) in [5, 5.41) is 8.51. The molecule has 2 aromatic rings. The molecule has 0 atom stereocenters. The molecule has 0 saturated carbocycles. The molecule has 20 heavy (non-hydrogen) atoms. The molecule has 1 aromatic carbocycles. The van der Waals surface area contributed by atoms with Crippen LogP contribution in [0.5, 0.6) is 5.75 Å². The largest absolute Gasteiger partial charge is 0.491 e. The van der Waals surface area contributed by atoms with Crippen molar-refractivity contribution in [1.82, 2.24) is 14.8 Å². The molecule has 2 N–H and O–H groups in total. The van der Waals surface area contributed by atoms with E-state index in [1.54, 1.807) is 18.2 Å². The maximum Gasteiger partial charge on any atom is 0.343 e. The third kappa shape index (κ3) is 3.47. The number of nitrogens with one attached hydrogen (secondary N) is 2. The number of ether oxygens (including phenoxy) is 1. The van der Waals surface area contributed by atoms with Gasteiger partial charge in [0.15, 0.2) is 0 Å². The van der Waals surface area contributed by atoms with Crippen LogP contribution in [0.1, 0.15) is 13.3 Å². The van der Waals surface area contributed by atoms with Crippen LogP contribution in [0.4, 0.5) is 5.69 Å². The van der Waals surface area contributed by atoms with E-state index < -0.39 is 5.69 Å². The first kappa shape index (κ1) is 13.9. The van der Waals surface area contributed by atoms with E-state index in [1.165, 1.54) is 10.9 Å². The number of nitrogens with zero attached hydrogens (tertiary/aromatic N) is 2. The van der Waals surface area contributed by atoms with Gasteiger partial charge in [-0.3, -0.25) is 9.36 Å². The van der Waals surface area contributed by atoms with Crippen LogP contribution in [0, 0.1) is 0 Å². The van der Waals surface area contributed by atoms with Gasteiger partial charge in [0.05, 0.1) is 12.3 Å². The molecule has 1 aromatic heterocycles. The summed E-state index contributed by atoms with van der Waals surface area (Å²) in [6, 6.07) is 7.18. The number of H-pyrrole nitrogens is 1. The van der Waals surface area contributed by atoms with E-state index in [1.807, 2.05) is 13.0 Å². The average Bonchev–Trinajstić information content (AvgIpc) is 2.83. The highest BCUT2D eigenvalue weighted by Gasteiger charge is 2.09. The lowest BCUT2D eigenvalue weighted by Gasteiger charge is -2.11. The molecular weight excluding hydrogens is 260 g/mol. The topological polar surface area (TPSA) is 89.0 Å². The van der Waals surface area contributed by atoms with E-state index in [0.717, 1.165) is 6.42 Å². The molecule has 2 rings (SSSR count). The third-order valence-corrected chi connectivity index (χ3v) is 2.55. The SMILES string of the molecule is CCCOc1ccccc1NC(=O)Cn1cn[nH]c1=O. The summed E-state index contributed by atoms with van der Waals surface area (Å²) < 4.78 is 6.73. The first-order chi connectivity index (χ1) is 9.70. The summed E-state index contributed by atoms with van der Waals surface area (Å²) in [6.07, 6.45) is 2.16. The van der Waals surface area contributed by atoms with E-state index in [-0.39, 0.29) is 12.5 Å². The quantitative estimate of drug-likeness (QED) is 0.823. The maximum atomic E-state index is 11.9. The lowest BCUT2D eigenvalue weighted by Crippen LogP contribution is -2.25. The van der Waals surface area contributed by atoms with Crippen LogP contribution < -0.4 is 15.7 Å². The number of hydrogen-bond donors (Lipinski definition) is 2. The van der Waals surface area contributed by atoms with Crippen LogP contribution in [0.3, 0.4) is 0 Å². The summed E-state index contributed by atoms with van der Waals surface area (Å²) in [7, 11) is 0. The minimum Gasteiger partial charge on any atom is -0.491 e. The molecule has 0 radical (unpaired) electrons. The maximum absolute atomic E-state index is 11.9. The van der Waals surface area contributed by atoms with Gasteiger partial charge >= 0.3 is 5.69 Å². The van der Waals surface area contributed by atoms with Crippen LogP contribution in [-0.2, 0) is 11.3 Å². The predicted octanol–water partition coefficient (Wildman–Crippen LogP) is 0.999. The van der Waals surface area contributed by atoms with Gasteiger partial charge in [0.1, 0.15) is 18.6 Å². The zero-order valence-corrected chi connectivity index (χ0v) is 11.1. The number of anilines is 1. The van der Waals surface area contributed by atoms with Gasteiger partial charge in [0, 0.05) is 0 Å². The fourth-order valence-corrected chi connectivity index (χ4v) is 1.64. The summed E-state index contributed by atoms with van der Waals surface area (Å²) in [5.41, 5.74) is 0.165. The van der Waals surface area contributed by atoms with Crippen LogP contribution in [-0.4, -0.2) is 27.3 Å². The predicted molar refractivity (Wildman–Crippen MR) is 73.7 cm³/mol. The van der Waals surface area contributed by atoms with E-state index in [9.17, 15) is 9.59 Å². The molecule has 0 spiro atoms. The smallest absolute Gasteiger partial charge is 0.343 e. The second-order valence-corrected chi connectivity index (χ2v) is 4.18. The molecule has 7 heteroatoms. The first-order valence-corrected chi connectivity index (χ1v) is 6.32. The molecule has 0 bridgehead atoms. The van der Waals surface area contributed by atoms with Gasteiger partial charge in [-0.1, -0.05) is 19.1 Å². The van der Waals surface area contributed by atoms with Crippen LogP contribution in [0.15, 0.2) is 35.4 Å². The molecule has 0 unspecified atom stereocenters. The fourth-order valence-electron chi connectivity index (χ4n) is 1.64. The number of amides is 1. The van der Waals surface area contributed by atoms with Crippen molar-refractivity contribution < 1.29 is 9.53 Å². The summed E-state index contributed by atoms with van der Waals surface area (Å²) in [5.74, 6) is 0.295. The number of hydrogen-bond acceptors (Lipinski definition) is 4. The molecule has 7 nitrogen and oxygen atoms in total. The van der Waals surface area contributed by atoms with Crippen molar-refractivity contribution in [1.29, 1.82) is 0 Å². The van der Waals surface area contributed by atoms with Gasteiger partial charge in [0.2, 0.25) is 5.91 Å². The Labute approximate surface area is 115 Å². The molecule has 0 aliphatic rings. The lowest BCUT2D eigenvalue weighted by molar-refractivity contribution is -0.116. The number of benzene rings is 1. The van der Waals surface area contributed by atoms with Crippen molar-refractivity contribution in [3.8, 4) is 5.75 Å². The molecule has 106 valence electrons. The van der Waals surface area contributed by atoms with E-state index in [2.05, 4.69) is 15.5 Å². The van der Waals surface area contributed by atoms with Gasteiger partial charge in [-0.2, -0.15) is 5.10 Å². The summed E-state index contributed by atoms with van der Waals surface area (Å²) in [6.45, 7) is 2.48. The molecule has 1 heterocycles. The Morgan fingerprint density at radius 1 is 1.45 bits per heavy atom. The Morgan fingerprint density at radius 3 is 2.95 bits per heavy atom. The standard InChI is InChI=1S/C13H16N4O3/c1-2-7-20-11-6-4-3-5-10(11)15-12(18)8-17-9-14-16-13(17)19/h3-6,9H,2,7-8H2,1H3,(H,15,18)(H,16,19). The van der Waals surface area contributed by atoms with Gasteiger partial charge in [-0.15, -0.1) is 0 Å². The molecular formula is C13H16N4O3. The number of aromatic amines is 1. The fraction of sp³-hybridized carbons (Fsp3) is 0.308. The van der Waals surface area contributed by atoms with Crippen LogP contribution in [0.25, 0.3) is 0 Å². The van der Waals surface area contributed by atoms with E-state index in [4.69, 9.17) is 4.74 Å². The Balaban J connectivity index is 2.04. The molecule has 1 amide bonds. The highest BCUT2D eigenvalue weighted by Crippen LogP contribution is 2.23. The number of carbonyl (C=O) groups excluding carboxylic acids is 1. The van der Waals surface area contributed by atoms with Crippen molar-refractivity contribution in [2.45, 2.75) is 19.9 Å². The van der Waals surface area contributed by atoms with Gasteiger partial charge in [-0.05, 0) is 18.6 Å². The minimum atomic E-state index is -0.421. The summed E-state index contributed by atoms with van der Waals surface area (Å²) >= 11 is 0. The first-order valence-electron chi connectivity index (χ1n) is 6.32. The van der Waals surface area contributed by atoms with E-state index in [0.29, 0.717) is 18.0 Å². The highest BCUT2D eigenvalue weighted by molar-refractivity contribution is 5.92.